The quantitative estimate of drug-likeness (QED) is 0.502. The molecule has 1 N–H and O–H groups in total. The van der Waals surface area contributed by atoms with E-state index in [2.05, 4.69) is 10.3 Å². The van der Waals surface area contributed by atoms with Crippen molar-refractivity contribution in [3.05, 3.63) is 57.3 Å². The number of rotatable bonds is 4. The minimum Gasteiger partial charge on any atom is -0.441 e. The topological polar surface area (TPSA) is 51.2 Å². The lowest BCUT2D eigenvalue weighted by Crippen LogP contribution is -2.04. The Hall–Kier alpha value is -1.86. The van der Waals surface area contributed by atoms with E-state index in [1.807, 2.05) is 0 Å². The number of nitrogens with one attached hydrogen (secondary N) is 1. The normalized spacial score (nSPS) is 10.7. The van der Waals surface area contributed by atoms with E-state index in [1.165, 1.54) is 31.2 Å². The molecule has 0 atom stereocenters. The third-order valence-electron chi connectivity index (χ3n) is 3.15. The first-order valence-corrected chi connectivity index (χ1v) is 9.15. The van der Waals surface area contributed by atoms with E-state index in [0.717, 1.165) is 11.3 Å². The van der Waals surface area contributed by atoms with Gasteiger partial charge in [-0.15, -0.1) is 0 Å². The van der Waals surface area contributed by atoms with Gasteiger partial charge in [0, 0.05) is 17.5 Å². The zero-order chi connectivity index (χ0) is 18.8. The van der Waals surface area contributed by atoms with Gasteiger partial charge in [0.25, 0.3) is 0 Å². The second kappa shape index (κ2) is 7.80. The highest BCUT2D eigenvalue weighted by molar-refractivity contribution is 7.18. The van der Waals surface area contributed by atoms with Crippen molar-refractivity contribution < 1.29 is 13.9 Å². The van der Waals surface area contributed by atoms with E-state index in [0.29, 0.717) is 26.5 Å². The third-order valence-corrected chi connectivity index (χ3v) is 4.78. The number of thiazole rings is 1. The molecule has 0 radical (unpaired) electrons. The van der Waals surface area contributed by atoms with E-state index in [1.54, 1.807) is 12.1 Å². The van der Waals surface area contributed by atoms with Crippen molar-refractivity contribution in [1.82, 2.24) is 4.98 Å². The molecule has 0 saturated heterocycles. The van der Waals surface area contributed by atoms with Crippen LogP contribution >= 0.6 is 46.1 Å². The molecule has 1 aromatic heterocycles. The maximum atomic E-state index is 13.2. The smallest absolute Gasteiger partial charge is 0.223 e. The van der Waals surface area contributed by atoms with Crippen LogP contribution in [0.4, 0.5) is 9.52 Å². The van der Waals surface area contributed by atoms with Crippen LogP contribution in [0.15, 0.2) is 36.4 Å². The highest BCUT2D eigenvalue weighted by Gasteiger charge is 2.19. The summed E-state index contributed by atoms with van der Waals surface area (Å²) < 4.78 is 19.1. The van der Waals surface area contributed by atoms with Gasteiger partial charge >= 0.3 is 0 Å². The molecule has 4 nitrogen and oxygen atoms in total. The van der Waals surface area contributed by atoms with Crippen molar-refractivity contribution in [1.29, 1.82) is 0 Å². The highest BCUT2D eigenvalue weighted by Crippen LogP contribution is 2.45. The summed E-state index contributed by atoms with van der Waals surface area (Å²) in [5.41, 5.74) is 1.02. The van der Waals surface area contributed by atoms with Crippen molar-refractivity contribution >= 4 is 57.2 Å². The molecule has 0 unspecified atom stereocenters. The standard InChI is InChI=1S/C17H10Cl3FN2O2S/c1-8(24)22-17-23-14(9-2-4-11(21)5-3-9)16(26-17)25-15-12(19)6-10(18)7-13(15)20/h2-7H,1H3,(H,22,23,24). The molecule has 9 heteroatoms. The van der Waals surface area contributed by atoms with Gasteiger partial charge in [-0.05, 0) is 36.4 Å². The van der Waals surface area contributed by atoms with Crippen molar-refractivity contribution in [2.24, 2.45) is 0 Å². The van der Waals surface area contributed by atoms with Crippen LogP contribution in [0.25, 0.3) is 11.3 Å². The molecule has 0 aliphatic rings. The molecular formula is C17H10Cl3FN2O2S. The molecule has 0 fully saturated rings. The summed E-state index contributed by atoms with van der Waals surface area (Å²) >= 11 is 19.3. The molecule has 0 saturated carbocycles. The first kappa shape index (κ1) is 18.9. The lowest BCUT2D eigenvalue weighted by atomic mass is 10.2. The molecule has 3 rings (SSSR count). The number of halogens is 4. The predicted octanol–water partition coefficient (Wildman–Crippen LogP) is 6.66. The van der Waals surface area contributed by atoms with Crippen LogP contribution in [0, 0.1) is 5.82 Å². The molecule has 0 bridgehead atoms. The Kier molecular flexibility index (Phi) is 5.67. The van der Waals surface area contributed by atoms with E-state index in [4.69, 9.17) is 39.5 Å². The molecule has 0 aliphatic carbocycles. The van der Waals surface area contributed by atoms with Crippen LogP contribution in [-0.4, -0.2) is 10.9 Å². The maximum absolute atomic E-state index is 13.2. The first-order chi connectivity index (χ1) is 12.3. The minimum atomic E-state index is -0.377. The zero-order valence-electron chi connectivity index (χ0n) is 13.1. The number of hydrogen-bond donors (Lipinski definition) is 1. The Morgan fingerprint density at radius 1 is 1.15 bits per heavy atom. The fourth-order valence-corrected chi connectivity index (χ4v) is 3.88. The Balaban J connectivity index is 2.06. The summed E-state index contributed by atoms with van der Waals surface area (Å²) in [7, 11) is 0. The summed E-state index contributed by atoms with van der Waals surface area (Å²) in [6.07, 6.45) is 0. The van der Waals surface area contributed by atoms with E-state index < -0.39 is 0 Å². The van der Waals surface area contributed by atoms with Crippen LogP contribution in [0.3, 0.4) is 0 Å². The van der Waals surface area contributed by atoms with Gasteiger partial charge < -0.3 is 10.1 Å². The van der Waals surface area contributed by atoms with Crippen molar-refractivity contribution in [3.63, 3.8) is 0 Å². The van der Waals surface area contributed by atoms with Gasteiger partial charge in [0.1, 0.15) is 11.5 Å². The van der Waals surface area contributed by atoms with Gasteiger partial charge in [0.2, 0.25) is 11.0 Å². The number of benzene rings is 2. The summed E-state index contributed by atoms with van der Waals surface area (Å²) in [6.45, 7) is 1.37. The maximum Gasteiger partial charge on any atom is 0.223 e. The van der Waals surface area contributed by atoms with Crippen LogP contribution in [0.2, 0.25) is 15.1 Å². The number of aromatic nitrogens is 1. The second-order valence-corrected chi connectivity index (χ2v) is 7.36. The van der Waals surface area contributed by atoms with E-state index >= 15 is 0 Å². The minimum absolute atomic E-state index is 0.208. The van der Waals surface area contributed by atoms with Gasteiger partial charge in [0.15, 0.2) is 10.9 Å². The Labute approximate surface area is 167 Å². The lowest BCUT2D eigenvalue weighted by Gasteiger charge is -2.09. The number of carbonyl (C=O) groups is 1. The summed E-state index contributed by atoms with van der Waals surface area (Å²) in [5, 5.41) is 4.08. The monoisotopic (exact) mass is 430 g/mol. The van der Waals surface area contributed by atoms with Gasteiger partial charge in [0.05, 0.1) is 10.0 Å². The molecule has 1 heterocycles. The van der Waals surface area contributed by atoms with Crippen molar-refractivity contribution in [2.45, 2.75) is 6.92 Å². The number of amides is 1. The van der Waals surface area contributed by atoms with Crippen LogP contribution in [-0.2, 0) is 4.79 Å². The number of nitrogens with zero attached hydrogens (tertiary/aromatic N) is 1. The number of carbonyl (C=O) groups excluding carboxylic acids is 1. The van der Waals surface area contributed by atoms with Crippen molar-refractivity contribution in [3.8, 4) is 22.1 Å². The fourth-order valence-electron chi connectivity index (χ4n) is 2.09. The number of anilines is 1. The number of hydrogen-bond acceptors (Lipinski definition) is 4. The SMILES string of the molecule is CC(=O)Nc1nc(-c2ccc(F)cc2)c(Oc2c(Cl)cc(Cl)cc2Cl)s1. The second-order valence-electron chi connectivity index (χ2n) is 5.14. The first-order valence-electron chi connectivity index (χ1n) is 7.20. The molecule has 0 aliphatic heterocycles. The van der Waals surface area contributed by atoms with Crippen LogP contribution in [0.5, 0.6) is 10.8 Å². The van der Waals surface area contributed by atoms with Gasteiger partial charge in [-0.2, -0.15) is 0 Å². The van der Waals surface area contributed by atoms with Gasteiger partial charge in [-0.1, -0.05) is 46.1 Å². The average molecular weight is 432 g/mol. The molecule has 1 amide bonds. The van der Waals surface area contributed by atoms with E-state index in [9.17, 15) is 9.18 Å². The zero-order valence-corrected chi connectivity index (χ0v) is 16.2. The lowest BCUT2D eigenvalue weighted by molar-refractivity contribution is -0.114. The van der Waals surface area contributed by atoms with Crippen LogP contribution < -0.4 is 10.1 Å². The van der Waals surface area contributed by atoms with Crippen LogP contribution in [0.1, 0.15) is 6.92 Å². The van der Waals surface area contributed by atoms with Gasteiger partial charge in [-0.25, -0.2) is 9.37 Å². The predicted molar refractivity (Wildman–Crippen MR) is 103 cm³/mol. The Morgan fingerprint density at radius 3 is 2.35 bits per heavy atom. The average Bonchev–Trinajstić information content (AvgIpc) is 2.93. The summed E-state index contributed by atoms with van der Waals surface area (Å²) in [4.78, 5) is 15.7. The third kappa shape index (κ3) is 4.27. The molecular weight excluding hydrogens is 422 g/mol. The molecule has 26 heavy (non-hydrogen) atoms. The van der Waals surface area contributed by atoms with E-state index in [-0.39, 0.29) is 27.5 Å². The molecule has 134 valence electrons. The van der Waals surface area contributed by atoms with Crippen molar-refractivity contribution in [2.75, 3.05) is 5.32 Å². The highest BCUT2D eigenvalue weighted by atomic mass is 35.5. The Bertz CT molecular complexity index is 954. The van der Waals surface area contributed by atoms with Gasteiger partial charge in [-0.3, -0.25) is 4.79 Å². The largest absolute Gasteiger partial charge is 0.441 e. The molecule has 2 aromatic carbocycles. The number of ether oxygens (including phenoxy) is 1. The summed E-state index contributed by atoms with van der Waals surface area (Å²) in [6, 6.07) is 8.71. The Morgan fingerprint density at radius 2 is 1.77 bits per heavy atom. The molecule has 0 spiro atoms. The molecule has 3 aromatic rings. The summed E-state index contributed by atoms with van der Waals surface area (Å²) in [5.74, 6) is -0.449. The fraction of sp³-hybridized carbons (Fsp3) is 0.0588.